The Morgan fingerprint density at radius 3 is 3.00 bits per heavy atom. The van der Waals surface area contributed by atoms with Gasteiger partial charge in [0.1, 0.15) is 12.0 Å². The lowest BCUT2D eigenvalue weighted by Gasteiger charge is -2.34. The first-order chi connectivity index (χ1) is 8.48. The molecule has 4 saturated heterocycles. The van der Waals surface area contributed by atoms with E-state index in [9.17, 15) is 9.90 Å². The molecule has 18 heavy (non-hydrogen) atoms. The van der Waals surface area contributed by atoms with E-state index < -0.39 is 17.3 Å². The molecule has 0 aromatic heterocycles. The first kappa shape index (κ1) is 11.2. The van der Waals surface area contributed by atoms with Crippen molar-refractivity contribution in [1.29, 1.82) is 0 Å². The molecule has 100 valence electrons. The average Bonchev–Trinajstić information content (AvgIpc) is 2.88. The highest BCUT2D eigenvalue weighted by Crippen LogP contribution is 2.63. The van der Waals surface area contributed by atoms with E-state index in [2.05, 4.69) is 4.90 Å². The molecule has 5 heteroatoms. The van der Waals surface area contributed by atoms with Crippen LogP contribution < -0.4 is 0 Å². The lowest BCUT2D eigenvalue weighted by Crippen LogP contribution is -2.49. The van der Waals surface area contributed by atoms with Gasteiger partial charge in [0.05, 0.1) is 11.0 Å². The molecule has 0 aliphatic carbocycles. The summed E-state index contributed by atoms with van der Waals surface area (Å²) in [7, 11) is 0. The Kier molecular flexibility index (Phi) is 1.92. The second-order valence-electron chi connectivity index (χ2n) is 6.59. The topological polar surface area (TPSA) is 59.0 Å². The normalized spacial score (nSPS) is 53.2. The number of hydrogen-bond acceptors (Lipinski definition) is 5. The lowest BCUT2D eigenvalue weighted by molar-refractivity contribution is -0.182. The lowest BCUT2D eigenvalue weighted by atomic mass is 9.66. The van der Waals surface area contributed by atoms with E-state index in [4.69, 9.17) is 9.47 Å². The molecule has 0 bridgehead atoms. The Morgan fingerprint density at radius 1 is 1.44 bits per heavy atom. The van der Waals surface area contributed by atoms with Gasteiger partial charge in [-0.15, -0.1) is 0 Å². The third-order valence-electron chi connectivity index (χ3n) is 5.43. The van der Waals surface area contributed by atoms with E-state index in [-0.39, 0.29) is 24.0 Å². The van der Waals surface area contributed by atoms with Crippen LogP contribution >= 0.6 is 0 Å². The second kappa shape index (κ2) is 3.08. The van der Waals surface area contributed by atoms with Crippen LogP contribution in [-0.4, -0.2) is 53.1 Å². The molecule has 4 aliphatic heterocycles. The summed E-state index contributed by atoms with van der Waals surface area (Å²) >= 11 is 0. The summed E-state index contributed by atoms with van der Waals surface area (Å²) in [6.07, 6.45) is 1.08. The number of fused-ring (bicyclic) bond motifs is 1. The summed E-state index contributed by atoms with van der Waals surface area (Å²) in [4.78, 5) is 14.5. The number of carbonyl (C=O) groups excluding carboxylic acids is 1. The molecule has 4 aliphatic rings. The van der Waals surface area contributed by atoms with Crippen LogP contribution in [0.1, 0.15) is 26.7 Å². The Labute approximate surface area is 106 Å². The Bertz CT molecular complexity index is 423. The number of aliphatic hydroxyl groups excluding tert-OH is 1. The average molecular weight is 253 g/mol. The minimum atomic E-state index is -0.887. The zero-order valence-corrected chi connectivity index (χ0v) is 10.8. The summed E-state index contributed by atoms with van der Waals surface area (Å²) in [5, 5.41) is 10.5. The monoisotopic (exact) mass is 253 g/mol. The molecule has 0 saturated carbocycles. The van der Waals surface area contributed by atoms with Gasteiger partial charge in [-0.1, -0.05) is 0 Å². The van der Waals surface area contributed by atoms with Crippen LogP contribution in [0, 0.1) is 11.3 Å². The maximum atomic E-state index is 12.2. The number of aliphatic hydroxyl groups is 1. The van der Waals surface area contributed by atoms with Gasteiger partial charge in [-0.2, -0.15) is 0 Å². The third-order valence-corrected chi connectivity index (χ3v) is 5.43. The maximum absolute atomic E-state index is 12.2. The van der Waals surface area contributed by atoms with Gasteiger partial charge in [-0.25, -0.2) is 0 Å². The fourth-order valence-electron chi connectivity index (χ4n) is 4.94. The highest BCUT2D eigenvalue weighted by atomic mass is 16.6. The Balaban J connectivity index is 1.87. The molecule has 0 aromatic rings. The molecule has 1 N–H and O–H groups in total. The third kappa shape index (κ3) is 0.995. The predicted molar refractivity (Wildman–Crippen MR) is 61.6 cm³/mol. The Morgan fingerprint density at radius 2 is 2.22 bits per heavy atom. The number of rotatable bonds is 0. The summed E-state index contributed by atoms with van der Waals surface area (Å²) in [5.74, 6) is -0.522. The van der Waals surface area contributed by atoms with Crippen molar-refractivity contribution in [3.05, 3.63) is 0 Å². The molecule has 5 nitrogen and oxygen atoms in total. The fourth-order valence-corrected chi connectivity index (χ4v) is 4.94. The highest BCUT2D eigenvalue weighted by molar-refractivity contribution is 5.79. The van der Waals surface area contributed by atoms with Crippen LogP contribution in [0.3, 0.4) is 0 Å². The number of ether oxygens (including phenoxy) is 2. The Hall–Kier alpha value is -0.650. The van der Waals surface area contributed by atoms with Crippen molar-refractivity contribution in [1.82, 2.24) is 4.90 Å². The van der Waals surface area contributed by atoms with Crippen molar-refractivity contribution >= 4 is 5.97 Å². The van der Waals surface area contributed by atoms with Crippen LogP contribution in [0.15, 0.2) is 0 Å². The molecular weight excluding hydrogens is 234 g/mol. The minimum Gasteiger partial charge on any atom is -0.460 e. The number of hydrogen-bond donors (Lipinski definition) is 1. The van der Waals surface area contributed by atoms with E-state index in [0.717, 1.165) is 25.9 Å². The van der Waals surface area contributed by atoms with Crippen molar-refractivity contribution in [3.8, 4) is 0 Å². The van der Waals surface area contributed by atoms with Crippen LogP contribution in [0.4, 0.5) is 0 Å². The molecule has 1 spiro atoms. The van der Waals surface area contributed by atoms with Crippen molar-refractivity contribution in [2.24, 2.45) is 11.3 Å². The van der Waals surface area contributed by atoms with Crippen molar-refractivity contribution in [3.63, 3.8) is 0 Å². The SMILES string of the molecule is CC1(C)O[C@@H](O)[C@]23[C@H](CN4CCC[C@H]42)OC(=O)[C@@H]13. The van der Waals surface area contributed by atoms with Gasteiger partial charge in [0.15, 0.2) is 6.29 Å². The van der Waals surface area contributed by atoms with Crippen LogP contribution in [0.2, 0.25) is 0 Å². The quantitative estimate of drug-likeness (QED) is 0.621. The van der Waals surface area contributed by atoms with Crippen LogP contribution in [0.25, 0.3) is 0 Å². The smallest absolute Gasteiger partial charge is 0.313 e. The molecule has 0 aromatic carbocycles. The molecule has 0 radical (unpaired) electrons. The molecule has 5 atom stereocenters. The fraction of sp³-hybridized carbons (Fsp3) is 0.923. The van der Waals surface area contributed by atoms with Gasteiger partial charge in [-0.3, -0.25) is 9.69 Å². The van der Waals surface area contributed by atoms with Crippen molar-refractivity contribution < 1.29 is 19.4 Å². The zero-order valence-electron chi connectivity index (χ0n) is 10.8. The maximum Gasteiger partial charge on any atom is 0.313 e. The van der Waals surface area contributed by atoms with E-state index in [1.165, 1.54) is 0 Å². The summed E-state index contributed by atoms with van der Waals surface area (Å²) in [5.41, 5.74) is -1.17. The van der Waals surface area contributed by atoms with Crippen molar-refractivity contribution in [2.45, 2.75) is 50.7 Å². The van der Waals surface area contributed by atoms with Gasteiger partial charge in [0.2, 0.25) is 0 Å². The minimum absolute atomic E-state index is 0.187. The van der Waals surface area contributed by atoms with Gasteiger partial charge < -0.3 is 14.6 Å². The molecule has 4 fully saturated rings. The van der Waals surface area contributed by atoms with Crippen LogP contribution in [-0.2, 0) is 14.3 Å². The molecular formula is C13H19NO4. The molecule has 0 unspecified atom stereocenters. The predicted octanol–water partition coefficient (Wildman–Crippen LogP) is 0.120. The number of nitrogens with zero attached hydrogens (tertiary/aromatic N) is 1. The van der Waals surface area contributed by atoms with Gasteiger partial charge >= 0.3 is 5.97 Å². The van der Waals surface area contributed by atoms with E-state index >= 15 is 0 Å². The summed E-state index contributed by atoms with van der Waals surface area (Å²) in [6.45, 7) is 5.57. The highest BCUT2D eigenvalue weighted by Gasteiger charge is 2.77. The number of carbonyl (C=O) groups is 1. The molecule has 0 amide bonds. The number of esters is 1. The summed E-state index contributed by atoms with van der Waals surface area (Å²) in [6, 6.07) is 0.232. The molecule has 4 rings (SSSR count). The standard InChI is InChI=1S/C13H19NO4/c1-12(2)9-10(15)17-8-6-14-5-3-4-7(14)13(8,9)11(16)18-12/h7-9,11,16H,3-6H2,1-2H3/t7-,8-,9-,11+,13-/m0/s1. The van der Waals surface area contributed by atoms with E-state index in [1.54, 1.807) is 0 Å². The van der Waals surface area contributed by atoms with Crippen LogP contribution in [0.5, 0.6) is 0 Å². The van der Waals surface area contributed by atoms with Crippen molar-refractivity contribution in [2.75, 3.05) is 13.1 Å². The summed E-state index contributed by atoms with van der Waals surface area (Å²) < 4.78 is 11.3. The zero-order chi connectivity index (χ0) is 12.7. The van der Waals surface area contributed by atoms with Gasteiger partial charge in [0.25, 0.3) is 0 Å². The second-order valence-corrected chi connectivity index (χ2v) is 6.59. The first-order valence-electron chi connectivity index (χ1n) is 6.78. The largest absolute Gasteiger partial charge is 0.460 e. The van der Waals surface area contributed by atoms with E-state index in [0.29, 0.717) is 0 Å². The molecule has 4 heterocycles. The van der Waals surface area contributed by atoms with E-state index in [1.807, 2.05) is 13.8 Å². The first-order valence-corrected chi connectivity index (χ1v) is 6.78. The van der Waals surface area contributed by atoms with Gasteiger partial charge in [-0.05, 0) is 33.2 Å². The van der Waals surface area contributed by atoms with Gasteiger partial charge in [0, 0.05) is 12.6 Å².